The minimum Gasteiger partial charge on any atom is -0.493 e. The SMILES string of the molecule is COc1ccc(/C=C\c2cc(OC)c(OC)c(OC)c2)cc1OP(O)O. The van der Waals surface area contributed by atoms with E-state index in [-0.39, 0.29) is 5.75 Å². The average Bonchev–Trinajstić information content (AvgIpc) is 2.65. The van der Waals surface area contributed by atoms with Crippen molar-refractivity contribution in [2.75, 3.05) is 28.4 Å². The Bertz CT molecular complexity index is 749. The summed E-state index contributed by atoms with van der Waals surface area (Å²) >= 11 is 0. The molecule has 140 valence electrons. The van der Waals surface area contributed by atoms with Gasteiger partial charge in [0.15, 0.2) is 23.0 Å². The van der Waals surface area contributed by atoms with Crippen molar-refractivity contribution in [1.82, 2.24) is 0 Å². The molecule has 2 rings (SSSR count). The fourth-order valence-electron chi connectivity index (χ4n) is 2.35. The zero-order chi connectivity index (χ0) is 19.1. The number of hydrogen-bond acceptors (Lipinski definition) is 7. The van der Waals surface area contributed by atoms with E-state index < -0.39 is 8.60 Å². The van der Waals surface area contributed by atoms with Crippen molar-refractivity contribution < 1.29 is 33.3 Å². The summed E-state index contributed by atoms with van der Waals surface area (Å²) in [5.41, 5.74) is 1.62. The van der Waals surface area contributed by atoms with Gasteiger partial charge in [0, 0.05) is 0 Å². The highest BCUT2D eigenvalue weighted by Crippen LogP contribution is 2.39. The molecular formula is C18H21O7P. The largest absolute Gasteiger partial charge is 0.493 e. The topological polar surface area (TPSA) is 86.6 Å². The summed E-state index contributed by atoms with van der Waals surface area (Å²) in [5, 5.41) is 0. The van der Waals surface area contributed by atoms with Crippen molar-refractivity contribution in [3.05, 3.63) is 41.5 Å². The van der Waals surface area contributed by atoms with E-state index in [1.807, 2.05) is 30.4 Å². The normalized spacial score (nSPS) is 10.9. The first-order valence-electron chi connectivity index (χ1n) is 7.54. The second kappa shape index (κ2) is 9.29. The molecule has 0 aliphatic heterocycles. The predicted molar refractivity (Wildman–Crippen MR) is 100 cm³/mol. The summed E-state index contributed by atoms with van der Waals surface area (Å²) < 4.78 is 26.1. The molecule has 0 aromatic heterocycles. The van der Waals surface area contributed by atoms with Gasteiger partial charge in [-0.3, -0.25) is 0 Å². The maximum atomic E-state index is 9.07. The lowest BCUT2D eigenvalue weighted by molar-refractivity contribution is 0.324. The van der Waals surface area contributed by atoms with Crippen LogP contribution in [0.25, 0.3) is 12.2 Å². The molecule has 0 bridgehead atoms. The fraction of sp³-hybridized carbons (Fsp3) is 0.222. The van der Waals surface area contributed by atoms with Crippen LogP contribution in [0.3, 0.4) is 0 Å². The molecule has 0 radical (unpaired) electrons. The molecule has 2 aromatic rings. The molecule has 0 aliphatic rings. The Morgan fingerprint density at radius 2 is 1.23 bits per heavy atom. The van der Waals surface area contributed by atoms with E-state index in [2.05, 4.69) is 0 Å². The van der Waals surface area contributed by atoms with E-state index in [1.165, 1.54) is 7.11 Å². The van der Waals surface area contributed by atoms with Crippen molar-refractivity contribution >= 4 is 20.8 Å². The van der Waals surface area contributed by atoms with E-state index in [0.29, 0.717) is 23.0 Å². The van der Waals surface area contributed by atoms with Crippen LogP contribution < -0.4 is 23.5 Å². The van der Waals surface area contributed by atoms with Crippen LogP contribution in [0, 0.1) is 0 Å². The van der Waals surface area contributed by atoms with Gasteiger partial charge in [-0.25, -0.2) is 0 Å². The summed E-state index contributed by atoms with van der Waals surface area (Å²) in [4.78, 5) is 18.1. The summed E-state index contributed by atoms with van der Waals surface area (Å²) in [6.07, 6.45) is 3.70. The summed E-state index contributed by atoms with van der Waals surface area (Å²) in [6.45, 7) is 0. The molecule has 0 saturated carbocycles. The molecular weight excluding hydrogens is 359 g/mol. The highest BCUT2D eigenvalue weighted by atomic mass is 31.2. The van der Waals surface area contributed by atoms with Gasteiger partial charge < -0.3 is 33.3 Å². The number of rotatable bonds is 8. The third-order valence-corrected chi connectivity index (χ3v) is 3.88. The number of hydrogen-bond donors (Lipinski definition) is 2. The molecule has 2 N–H and O–H groups in total. The molecule has 0 amide bonds. The number of ether oxygens (including phenoxy) is 4. The van der Waals surface area contributed by atoms with Crippen LogP contribution in [0.4, 0.5) is 0 Å². The highest BCUT2D eigenvalue weighted by Gasteiger charge is 2.12. The Balaban J connectivity index is 2.34. The maximum absolute atomic E-state index is 9.07. The average molecular weight is 380 g/mol. The molecule has 0 unspecified atom stereocenters. The van der Waals surface area contributed by atoms with Gasteiger partial charge in [0.05, 0.1) is 28.4 Å². The summed E-state index contributed by atoms with van der Waals surface area (Å²) in [6, 6.07) is 8.79. The van der Waals surface area contributed by atoms with Crippen LogP contribution in [0.5, 0.6) is 28.7 Å². The Labute approximate surface area is 153 Å². The van der Waals surface area contributed by atoms with Crippen LogP contribution in [-0.4, -0.2) is 38.2 Å². The Kier molecular flexibility index (Phi) is 7.09. The van der Waals surface area contributed by atoms with Gasteiger partial charge in [-0.05, 0) is 35.4 Å². The molecule has 0 aliphatic carbocycles. The first-order chi connectivity index (χ1) is 12.5. The van der Waals surface area contributed by atoms with Crippen molar-refractivity contribution in [2.45, 2.75) is 0 Å². The molecule has 0 atom stereocenters. The minimum absolute atomic E-state index is 0.246. The zero-order valence-corrected chi connectivity index (χ0v) is 15.8. The second-order valence-corrected chi connectivity index (χ2v) is 5.73. The molecule has 26 heavy (non-hydrogen) atoms. The number of benzene rings is 2. The first kappa shape index (κ1) is 19.8. The predicted octanol–water partition coefficient (Wildman–Crippen LogP) is 3.48. The van der Waals surface area contributed by atoms with Gasteiger partial charge in [-0.1, -0.05) is 18.2 Å². The van der Waals surface area contributed by atoms with Gasteiger partial charge in [-0.15, -0.1) is 0 Å². The third-order valence-electron chi connectivity index (χ3n) is 3.52. The lowest BCUT2D eigenvalue weighted by Gasteiger charge is -2.13. The molecule has 0 spiro atoms. The molecule has 0 fully saturated rings. The van der Waals surface area contributed by atoms with Crippen LogP contribution in [0.2, 0.25) is 0 Å². The number of methoxy groups -OCH3 is 4. The van der Waals surface area contributed by atoms with Crippen LogP contribution in [0.1, 0.15) is 11.1 Å². The van der Waals surface area contributed by atoms with Crippen LogP contribution in [-0.2, 0) is 0 Å². The van der Waals surface area contributed by atoms with E-state index in [4.69, 9.17) is 33.3 Å². The molecule has 2 aromatic carbocycles. The lowest BCUT2D eigenvalue weighted by Crippen LogP contribution is -1.95. The lowest BCUT2D eigenvalue weighted by atomic mass is 10.1. The molecule has 0 saturated heterocycles. The summed E-state index contributed by atoms with van der Waals surface area (Å²) in [7, 11) is 3.60. The van der Waals surface area contributed by atoms with E-state index >= 15 is 0 Å². The van der Waals surface area contributed by atoms with Gasteiger partial charge in [0.1, 0.15) is 0 Å². The second-order valence-electron chi connectivity index (χ2n) is 5.05. The van der Waals surface area contributed by atoms with E-state index in [0.717, 1.165) is 11.1 Å². The molecule has 7 nitrogen and oxygen atoms in total. The third kappa shape index (κ3) is 4.79. The minimum atomic E-state index is -2.53. The summed E-state index contributed by atoms with van der Waals surface area (Å²) in [5.74, 6) is 2.28. The van der Waals surface area contributed by atoms with Crippen molar-refractivity contribution in [3.8, 4) is 28.7 Å². The van der Waals surface area contributed by atoms with Gasteiger partial charge in [0.2, 0.25) is 5.75 Å². The van der Waals surface area contributed by atoms with Gasteiger partial charge in [-0.2, -0.15) is 0 Å². The van der Waals surface area contributed by atoms with E-state index in [1.54, 1.807) is 33.5 Å². The Morgan fingerprint density at radius 3 is 1.73 bits per heavy atom. The Morgan fingerprint density at radius 1 is 0.692 bits per heavy atom. The zero-order valence-electron chi connectivity index (χ0n) is 14.9. The highest BCUT2D eigenvalue weighted by molar-refractivity contribution is 7.39. The smallest absolute Gasteiger partial charge is 0.391 e. The Hall–Kier alpha value is -2.47. The standard InChI is InChI=1S/C18H21O7P/c1-21-14-8-7-12(9-15(14)25-26(19)20)5-6-13-10-16(22-2)18(24-4)17(11-13)23-3/h5-11,19-20H,1-4H3/b6-5-. The van der Waals surface area contributed by atoms with Crippen molar-refractivity contribution in [3.63, 3.8) is 0 Å². The van der Waals surface area contributed by atoms with E-state index in [9.17, 15) is 0 Å². The van der Waals surface area contributed by atoms with Crippen molar-refractivity contribution in [2.24, 2.45) is 0 Å². The van der Waals surface area contributed by atoms with Crippen molar-refractivity contribution in [1.29, 1.82) is 0 Å². The van der Waals surface area contributed by atoms with Gasteiger partial charge in [0.25, 0.3) is 0 Å². The van der Waals surface area contributed by atoms with Crippen LogP contribution in [0.15, 0.2) is 30.3 Å². The first-order valence-corrected chi connectivity index (χ1v) is 8.70. The molecule has 8 heteroatoms. The van der Waals surface area contributed by atoms with Gasteiger partial charge >= 0.3 is 8.60 Å². The molecule has 0 heterocycles. The quantitative estimate of drug-likeness (QED) is 0.536. The van der Waals surface area contributed by atoms with Crippen LogP contribution >= 0.6 is 8.60 Å². The maximum Gasteiger partial charge on any atom is 0.391 e. The fourth-order valence-corrected chi connectivity index (χ4v) is 2.66. The monoisotopic (exact) mass is 380 g/mol.